The Balaban J connectivity index is 1.50. The molecule has 0 aromatic carbocycles. The summed E-state index contributed by atoms with van der Waals surface area (Å²) < 4.78 is 18.6. The number of piperidine rings is 1. The smallest absolute Gasteiger partial charge is 0.274 e. The monoisotopic (exact) mass is 375 g/mol. The second-order valence-corrected chi connectivity index (χ2v) is 6.58. The number of aromatic nitrogens is 4. The van der Waals surface area contributed by atoms with Gasteiger partial charge in [0.2, 0.25) is 5.95 Å². The topological polar surface area (TPSA) is 87.9 Å². The van der Waals surface area contributed by atoms with Crippen LogP contribution in [0.3, 0.4) is 0 Å². The van der Waals surface area contributed by atoms with Crippen LogP contribution in [0.1, 0.15) is 34.9 Å². The zero-order chi connectivity index (χ0) is 18.1. The molecule has 4 heterocycles. The van der Waals surface area contributed by atoms with Gasteiger partial charge in [-0.15, -0.1) is 0 Å². The molecule has 0 aliphatic carbocycles. The van der Waals surface area contributed by atoms with Gasteiger partial charge in [-0.2, -0.15) is 9.37 Å². The largest absolute Gasteiger partial charge is 0.356 e. The van der Waals surface area contributed by atoms with Crippen LogP contribution in [-0.2, 0) is 0 Å². The molecule has 1 N–H and O–H groups in total. The molecule has 0 spiro atoms. The molecule has 0 saturated carbocycles. The van der Waals surface area contributed by atoms with Gasteiger partial charge in [-0.1, -0.05) is 16.8 Å². The van der Waals surface area contributed by atoms with E-state index in [1.165, 1.54) is 12.3 Å². The number of aromatic amines is 1. The minimum Gasteiger partial charge on any atom is -0.356 e. The van der Waals surface area contributed by atoms with E-state index in [0.717, 1.165) is 18.9 Å². The predicted molar refractivity (Wildman–Crippen MR) is 91.2 cm³/mol. The molecule has 26 heavy (non-hydrogen) atoms. The highest BCUT2D eigenvalue weighted by Gasteiger charge is 2.29. The van der Waals surface area contributed by atoms with Gasteiger partial charge < -0.3 is 14.4 Å². The van der Waals surface area contributed by atoms with Crippen molar-refractivity contribution in [3.8, 4) is 11.6 Å². The van der Waals surface area contributed by atoms with Crippen molar-refractivity contribution in [1.82, 2.24) is 25.0 Å². The number of carbonyl (C=O) groups excluding carboxylic acids is 1. The van der Waals surface area contributed by atoms with E-state index in [1.807, 2.05) is 0 Å². The van der Waals surface area contributed by atoms with Crippen LogP contribution in [0.4, 0.5) is 4.39 Å². The number of likely N-dealkylation sites (tertiary alicyclic amines) is 1. The van der Waals surface area contributed by atoms with Gasteiger partial charge in [-0.3, -0.25) is 4.79 Å². The first-order valence-electron chi connectivity index (χ1n) is 8.19. The van der Waals surface area contributed by atoms with Crippen LogP contribution in [0.25, 0.3) is 11.6 Å². The van der Waals surface area contributed by atoms with Crippen LogP contribution in [0.2, 0.25) is 5.02 Å². The first-order valence-corrected chi connectivity index (χ1v) is 8.56. The molecule has 1 amide bonds. The molecule has 0 unspecified atom stereocenters. The van der Waals surface area contributed by atoms with E-state index < -0.39 is 5.95 Å². The summed E-state index contributed by atoms with van der Waals surface area (Å²) in [5, 5.41) is 4.60. The maximum absolute atomic E-state index is 13.3. The summed E-state index contributed by atoms with van der Waals surface area (Å²) >= 11 is 5.89. The molecular weight excluding hydrogens is 361 g/mol. The first-order chi connectivity index (χ1) is 12.6. The van der Waals surface area contributed by atoms with Crippen LogP contribution in [-0.4, -0.2) is 44.0 Å². The van der Waals surface area contributed by atoms with E-state index in [0.29, 0.717) is 35.5 Å². The SMILES string of the molecule is O=C(c1ccnc(F)c1)N1CCC[C@H](c2noc(-c3cc(Cl)c[nH]3)n2)C1. The minimum absolute atomic E-state index is 0.0395. The molecule has 4 rings (SSSR count). The Labute approximate surface area is 153 Å². The third-order valence-corrected chi connectivity index (χ3v) is 4.59. The lowest BCUT2D eigenvalue weighted by Crippen LogP contribution is -2.39. The molecule has 1 atom stereocenters. The second-order valence-electron chi connectivity index (χ2n) is 6.15. The molecule has 1 saturated heterocycles. The van der Waals surface area contributed by atoms with Gasteiger partial charge in [0.15, 0.2) is 5.82 Å². The summed E-state index contributed by atoms with van der Waals surface area (Å²) in [4.78, 5) is 25.2. The standard InChI is InChI=1S/C17H15ClFN5O2/c18-12-7-13(21-8-12)16-22-15(23-26-16)11-2-1-5-24(9-11)17(25)10-3-4-20-14(19)6-10/h3-4,6-8,11,21H,1-2,5,9H2/t11-/m0/s1. The lowest BCUT2D eigenvalue weighted by atomic mass is 9.97. The predicted octanol–water partition coefficient (Wildman–Crippen LogP) is 3.27. The minimum atomic E-state index is -0.670. The number of rotatable bonds is 3. The Kier molecular flexibility index (Phi) is 4.42. The molecular formula is C17H15ClFN5O2. The number of hydrogen-bond donors (Lipinski definition) is 1. The Morgan fingerprint density at radius 3 is 3.08 bits per heavy atom. The van der Waals surface area contributed by atoms with Crippen molar-refractivity contribution in [3.05, 3.63) is 53.0 Å². The van der Waals surface area contributed by atoms with Crippen molar-refractivity contribution >= 4 is 17.5 Å². The van der Waals surface area contributed by atoms with E-state index in [-0.39, 0.29) is 17.4 Å². The van der Waals surface area contributed by atoms with Crippen molar-refractivity contribution in [2.45, 2.75) is 18.8 Å². The van der Waals surface area contributed by atoms with Crippen LogP contribution in [0.15, 0.2) is 35.1 Å². The summed E-state index contributed by atoms with van der Waals surface area (Å²) in [7, 11) is 0. The molecule has 0 radical (unpaired) electrons. The van der Waals surface area contributed by atoms with Gasteiger partial charge in [-0.05, 0) is 25.0 Å². The molecule has 1 aliphatic heterocycles. The number of hydrogen-bond acceptors (Lipinski definition) is 5. The van der Waals surface area contributed by atoms with E-state index >= 15 is 0 Å². The van der Waals surface area contributed by atoms with E-state index in [1.54, 1.807) is 17.2 Å². The van der Waals surface area contributed by atoms with Gasteiger partial charge in [0.1, 0.15) is 5.69 Å². The highest BCUT2D eigenvalue weighted by atomic mass is 35.5. The number of halogens is 2. The highest BCUT2D eigenvalue weighted by Crippen LogP contribution is 2.28. The van der Waals surface area contributed by atoms with Crippen molar-refractivity contribution in [2.24, 2.45) is 0 Å². The maximum atomic E-state index is 13.3. The Morgan fingerprint density at radius 2 is 2.31 bits per heavy atom. The summed E-state index contributed by atoms with van der Waals surface area (Å²) in [5.41, 5.74) is 0.928. The van der Waals surface area contributed by atoms with Gasteiger partial charge >= 0.3 is 0 Å². The number of carbonyl (C=O) groups is 1. The van der Waals surface area contributed by atoms with Crippen molar-refractivity contribution in [3.63, 3.8) is 0 Å². The molecule has 3 aromatic rings. The average molecular weight is 376 g/mol. The maximum Gasteiger partial charge on any atom is 0.274 e. The first kappa shape index (κ1) is 16.7. The Bertz CT molecular complexity index is 941. The summed E-state index contributed by atoms with van der Waals surface area (Å²) in [6.45, 7) is 1.06. The molecule has 1 fully saturated rings. The van der Waals surface area contributed by atoms with Gasteiger partial charge in [0.05, 0.1) is 5.02 Å². The fourth-order valence-corrected chi connectivity index (χ4v) is 3.26. The lowest BCUT2D eigenvalue weighted by molar-refractivity contribution is 0.0703. The molecule has 9 heteroatoms. The van der Waals surface area contributed by atoms with E-state index in [4.69, 9.17) is 16.1 Å². The van der Waals surface area contributed by atoms with Crippen molar-refractivity contribution in [1.29, 1.82) is 0 Å². The summed E-state index contributed by atoms with van der Waals surface area (Å²) in [6.07, 6.45) is 4.58. The quantitative estimate of drug-likeness (QED) is 0.710. The van der Waals surface area contributed by atoms with E-state index in [2.05, 4.69) is 20.1 Å². The average Bonchev–Trinajstić information content (AvgIpc) is 3.30. The number of H-pyrrole nitrogens is 1. The molecule has 1 aliphatic rings. The third-order valence-electron chi connectivity index (χ3n) is 4.37. The van der Waals surface area contributed by atoms with Crippen LogP contribution in [0, 0.1) is 5.95 Å². The summed E-state index contributed by atoms with van der Waals surface area (Å²) in [6, 6.07) is 4.36. The fourth-order valence-electron chi connectivity index (χ4n) is 3.09. The Hall–Kier alpha value is -2.74. The van der Waals surface area contributed by atoms with Gasteiger partial charge in [0.25, 0.3) is 11.8 Å². The second kappa shape index (κ2) is 6.87. The molecule has 134 valence electrons. The van der Waals surface area contributed by atoms with Crippen molar-refractivity contribution in [2.75, 3.05) is 13.1 Å². The van der Waals surface area contributed by atoms with Crippen molar-refractivity contribution < 1.29 is 13.7 Å². The van der Waals surface area contributed by atoms with E-state index in [9.17, 15) is 9.18 Å². The number of nitrogens with one attached hydrogen (secondary N) is 1. The zero-order valence-corrected chi connectivity index (χ0v) is 14.4. The normalized spacial score (nSPS) is 17.5. The van der Waals surface area contributed by atoms with Gasteiger partial charge in [-0.25, -0.2) is 4.98 Å². The molecule has 3 aromatic heterocycles. The zero-order valence-electron chi connectivity index (χ0n) is 13.7. The highest BCUT2D eigenvalue weighted by molar-refractivity contribution is 6.30. The fraction of sp³-hybridized carbons (Fsp3) is 0.294. The Morgan fingerprint density at radius 1 is 1.42 bits per heavy atom. The number of amides is 1. The van der Waals surface area contributed by atoms with Crippen LogP contribution < -0.4 is 0 Å². The number of pyridine rings is 1. The van der Waals surface area contributed by atoms with Gasteiger partial charge in [0, 0.05) is 43.0 Å². The molecule has 7 nitrogen and oxygen atoms in total. The summed E-state index contributed by atoms with van der Waals surface area (Å²) in [5.74, 6) is -0.0364. The lowest BCUT2D eigenvalue weighted by Gasteiger charge is -2.31. The number of nitrogens with zero attached hydrogens (tertiary/aromatic N) is 4. The van der Waals surface area contributed by atoms with Crippen LogP contribution in [0.5, 0.6) is 0 Å². The third kappa shape index (κ3) is 3.32. The molecule has 0 bridgehead atoms. The van der Waals surface area contributed by atoms with Crippen LogP contribution >= 0.6 is 11.6 Å².